The van der Waals surface area contributed by atoms with Crippen LogP contribution in [0.3, 0.4) is 0 Å². The summed E-state index contributed by atoms with van der Waals surface area (Å²) < 4.78 is 11.0. The van der Waals surface area contributed by atoms with Gasteiger partial charge in [-0.1, -0.05) is 32.9 Å². The van der Waals surface area contributed by atoms with Crippen molar-refractivity contribution in [1.82, 2.24) is 5.32 Å². The summed E-state index contributed by atoms with van der Waals surface area (Å²) in [4.78, 5) is 11.5. The van der Waals surface area contributed by atoms with Gasteiger partial charge in [0.2, 0.25) is 0 Å². The molecule has 0 radical (unpaired) electrons. The van der Waals surface area contributed by atoms with Gasteiger partial charge >= 0.3 is 6.09 Å². The zero-order valence-electron chi connectivity index (χ0n) is 15.4. The maximum absolute atomic E-state index is 11.5. The molecule has 130 valence electrons. The Kier molecular flexibility index (Phi) is 6.92. The van der Waals surface area contributed by atoms with E-state index in [9.17, 15) is 4.79 Å². The Morgan fingerprint density at radius 2 is 1.87 bits per heavy atom. The molecule has 4 heteroatoms. The van der Waals surface area contributed by atoms with Crippen LogP contribution >= 0.6 is 0 Å². The highest BCUT2D eigenvalue weighted by atomic mass is 16.6. The van der Waals surface area contributed by atoms with Crippen molar-refractivity contribution in [2.75, 3.05) is 13.2 Å². The summed E-state index contributed by atoms with van der Waals surface area (Å²) in [7, 11) is 0. The molecule has 0 aromatic heterocycles. The van der Waals surface area contributed by atoms with Crippen molar-refractivity contribution < 1.29 is 14.3 Å². The van der Waals surface area contributed by atoms with E-state index in [1.54, 1.807) is 0 Å². The van der Waals surface area contributed by atoms with Gasteiger partial charge in [0.1, 0.15) is 11.4 Å². The molecule has 4 nitrogen and oxygen atoms in total. The highest BCUT2D eigenvalue weighted by Gasteiger charge is 2.18. The number of carbonyl (C=O) groups is 1. The molecule has 1 aromatic carbocycles. The lowest BCUT2D eigenvalue weighted by Gasteiger charge is -2.23. The highest BCUT2D eigenvalue weighted by Crippen LogP contribution is 2.29. The Balaban J connectivity index is 2.34. The first-order valence-electron chi connectivity index (χ1n) is 8.34. The van der Waals surface area contributed by atoms with E-state index in [-0.39, 0.29) is 11.5 Å². The van der Waals surface area contributed by atoms with E-state index in [0.717, 1.165) is 18.6 Å². The lowest BCUT2D eigenvalue weighted by atomic mass is 9.82. The molecule has 0 saturated heterocycles. The zero-order chi connectivity index (χ0) is 17.5. The first kappa shape index (κ1) is 19.3. The first-order chi connectivity index (χ1) is 10.6. The van der Waals surface area contributed by atoms with Crippen LogP contribution in [0.2, 0.25) is 0 Å². The molecule has 0 atom stereocenters. The summed E-state index contributed by atoms with van der Waals surface area (Å²) in [6.07, 6.45) is 1.43. The molecule has 0 aliphatic rings. The van der Waals surface area contributed by atoms with Gasteiger partial charge in [-0.25, -0.2) is 4.79 Å². The van der Waals surface area contributed by atoms with Crippen LogP contribution in [0, 0.1) is 0 Å². The molecule has 0 spiro atoms. The molecule has 23 heavy (non-hydrogen) atoms. The second-order valence-corrected chi connectivity index (χ2v) is 7.40. The number of ether oxygens (including phenoxy) is 2. The van der Waals surface area contributed by atoms with Gasteiger partial charge < -0.3 is 14.8 Å². The van der Waals surface area contributed by atoms with Crippen molar-refractivity contribution in [2.45, 2.75) is 65.4 Å². The van der Waals surface area contributed by atoms with E-state index < -0.39 is 5.60 Å². The lowest BCUT2D eigenvalue weighted by Crippen LogP contribution is -2.33. The van der Waals surface area contributed by atoms with Gasteiger partial charge in [-0.15, -0.1) is 0 Å². The largest absolute Gasteiger partial charge is 0.494 e. The van der Waals surface area contributed by atoms with Crippen LogP contribution in [0.4, 0.5) is 4.79 Å². The molecular weight excluding hydrogens is 290 g/mol. The second-order valence-electron chi connectivity index (χ2n) is 7.40. The Bertz CT molecular complexity index is 504. The number of hydrogen-bond acceptors (Lipinski definition) is 3. The number of rotatable bonds is 7. The van der Waals surface area contributed by atoms with Crippen LogP contribution < -0.4 is 10.1 Å². The normalized spacial score (nSPS) is 11.9. The number of amides is 1. The molecule has 0 aliphatic heterocycles. The highest BCUT2D eigenvalue weighted by molar-refractivity contribution is 5.67. The standard InChI is InChI=1S/C19H31NO3/c1-7-19(5,6)15-10-8-11-16(14-15)22-13-9-12-20-17(21)23-18(2,3)4/h8,10-11,14H,7,9,12-13H2,1-6H3,(H,20,21). The average Bonchev–Trinajstić information content (AvgIpc) is 2.45. The number of alkyl carbamates (subject to hydrolysis) is 1. The van der Waals surface area contributed by atoms with Crippen molar-refractivity contribution >= 4 is 6.09 Å². The van der Waals surface area contributed by atoms with Crippen molar-refractivity contribution in [3.05, 3.63) is 29.8 Å². The molecule has 0 fully saturated rings. The van der Waals surface area contributed by atoms with E-state index >= 15 is 0 Å². The van der Waals surface area contributed by atoms with Gasteiger partial charge in [-0.2, -0.15) is 0 Å². The Labute approximate surface area is 140 Å². The summed E-state index contributed by atoms with van der Waals surface area (Å²) >= 11 is 0. The van der Waals surface area contributed by atoms with Gasteiger partial charge in [-0.05, 0) is 56.7 Å². The zero-order valence-corrected chi connectivity index (χ0v) is 15.4. The predicted molar refractivity (Wildman–Crippen MR) is 94.1 cm³/mol. The fourth-order valence-electron chi connectivity index (χ4n) is 1.98. The summed E-state index contributed by atoms with van der Waals surface area (Å²) in [5.41, 5.74) is 0.967. The number of benzene rings is 1. The van der Waals surface area contributed by atoms with E-state index in [1.807, 2.05) is 32.9 Å². The van der Waals surface area contributed by atoms with Crippen molar-refractivity contribution in [3.63, 3.8) is 0 Å². The van der Waals surface area contributed by atoms with Crippen LogP contribution in [-0.2, 0) is 10.2 Å². The van der Waals surface area contributed by atoms with Crippen LogP contribution in [0.1, 0.15) is 59.9 Å². The molecule has 0 aliphatic carbocycles. The molecule has 1 rings (SSSR count). The van der Waals surface area contributed by atoms with E-state index in [1.165, 1.54) is 5.56 Å². The third-order valence-corrected chi connectivity index (χ3v) is 3.76. The Hall–Kier alpha value is -1.71. The van der Waals surface area contributed by atoms with E-state index in [0.29, 0.717) is 13.2 Å². The minimum Gasteiger partial charge on any atom is -0.494 e. The first-order valence-corrected chi connectivity index (χ1v) is 8.34. The van der Waals surface area contributed by atoms with Crippen LogP contribution in [0.25, 0.3) is 0 Å². The summed E-state index contributed by atoms with van der Waals surface area (Å²) in [5.74, 6) is 0.876. The second kappa shape index (κ2) is 8.23. The van der Waals surface area contributed by atoms with Gasteiger partial charge in [0.25, 0.3) is 0 Å². The fraction of sp³-hybridized carbons (Fsp3) is 0.632. The summed E-state index contributed by atoms with van der Waals surface area (Å²) in [6, 6.07) is 8.24. The molecule has 0 unspecified atom stereocenters. The molecule has 1 amide bonds. The minimum atomic E-state index is -0.465. The molecule has 1 aromatic rings. The summed E-state index contributed by atoms with van der Waals surface area (Å²) in [5, 5.41) is 2.73. The van der Waals surface area contributed by atoms with Gasteiger partial charge in [0, 0.05) is 6.54 Å². The minimum absolute atomic E-state index is 0.150. The van der Waals surface area contributed by atoms with Crippen LogP contribution in [0.5, 0.6) is 5.75 Å². The van der Waals surface area contributed by atoms with Gasteiger partial charge in [0.05, 0.1) is 6.61 Å². The topological polar surface area (TPSA) is 47.6 Å². The fourth-order valence-corrected chi connectivity index (χ4v) is 1.98. The van der Waals surface area contributed by atoms with Crippen molar-refractivity contribution in [2.24, 2.45) is 0 Å². The smallest absolute Gasteiger partial charge is 0.407 e. The van der Waals surface area contributed by atoms with Gasteiger partial charge in [-0.3, -0.25) is 0 Å². The molecule has 0 heterocycles. The molecular formula is C19H31NO3. The third-order valence-electron chi connectivity index (χ3n) is 3.76. The lowest BCUT2D eigenvalue weighted by molar-refractivity contribution is 0.0525. The van der Waals surface area contributed by atoms with Gasteiger partial charge in [0.15, 0.2) is 0 Å². The molecule has 1 N–H and O–H groups in total. The van der Waals surface area contributed by atoms with E-state index in [2.05, 4.69) is 38.2 Å². The molecule has 0 bridgehead atoms. The van der Waals surface area contributed by atoms with Crippen molar-refractivity contribution in [1.29, 1.82) is 0 Å². The van der Waals surface area contributed by atoms with E-state index in [4.69, 9.17) is 9.47 Å². The predicted octanol–water partition coefficient (Wildman–Crippen LogP) is 4.67. The maximum Gasteiger partial charge on any atom is 0.407 e. The Morgan fingerprint density at radius 3 is 2.48 bits per heavy atom. The average molecular weight is 321 g/mol. The SMILES string of the molecule is CCC(C)(C)c1cccc(OCCCNC(=O)OC(C)(C)C)c1. The summed E-state index contributed by atoms with van der Waals surface area (Å²) in [6.45, 7) is 13.3. The quantitative estimate of drug-likeness (QED) is 0.743. The van der Waals surface area contributed by atoms with Crippen LogP contribution in [0.15, 0.2) is 24.3 Å². The number of carbonyl (C=O) groups excluding carboxylic acids is 1. The Morgan fingerprint density at radius 1 is 1.17 bits per heavy atom. The van der Waals surface area contributed by atoms with Crippen LogP contribution in [-0.4, -0.2) is 24.8 Å². The maximum atomic E-state index is 11.5. The molecule has 0 saturated carbocycles. The van der Waals surface area contributed by atoms with Crippen molar-refractivity contribution in [3.8, 4) is 5.75 Å². The monoisotopic (exact) mass is 321 g/mol. The third kappa shape index (κ3) is 7.40. The number of hydrogen-bond donors (Lipinski definition) is 1. The number of nitrogens with one attached hydrogen (secondary N) is 1.